The molecule has 0 fully saturated rings. The molecule has 0 aliphatic rings. The van der Waals surface area contributed by atoms with E-state index in [0.29, 0.717) is 23.6 Å². The predicted molar refractivity (Wildman–Crippen MR) is 118 cm³/mol. The quantitative estimate of drug-likeness (QED) is 0.393. The summed E-state index contributed by atoms with van der Waals surface area (Å²) in [5.74, 6) is 0.142. The van der Waals surface area contributed by atoms with Crippen LogP contribution >= 0.6 is 23.1 Å². The second kappa shape index (κ2) is 10.4. The van der Waals surface area contributed by atoms with E-state index in [1.165, 1.54) is 16.9 Å². The van der Waals surface area contributed by atoms with Crippen LogP contribution in [0, 0.1) is 0 Å². The van der Waals surface area contributed by atoms with Gasteiger partial charge >= 0.3 is 5.97 Å². The standard InChI is InChI=1S/C22H24N2O3S2/c1-3-16-10-11-18-19(14-16)29-22(24(18)15-21(26)27-4-2)23-20(25)12-13-28-17-8-6-5-7-9-17/h5-11,14H,3-4,12-13,15H2,1-2H3. The zero-order chi connectivity index (χ0) is 20.6. The highest BCUT2D eigenvalue weighted by molar-refractivity contribution is 7.99. The van der Waals surface area contributed by atoms with Crippen molar-refractivity contribution in [1.82, 2.24) is 4.57 Å². The van der Waals surface area contributed by atoms with Crippen molar-refractivity contribution < 1.29 is 14.3 Å². The van der Waals surface area contributed by atoms with Crippen LogP contribution in [0.1, 0.15) is 25.8 Å². The SMILES string of the molecule is CCOC(=O)Cn1c(=NC(=O)CCSc2ccccc2)sc2cc(CC)ccc21. The number of thioether (sulfide) groups is 1. The molecule has 0 radical (unpaired) electrons. The lowest BCUT2D eigenvalue weighted by Gasteiger charge is -2.05. The first-order valence-electron chi connectivity index (χ1n) is 9.64. The third kappa shape index (κ3) is 5.81. The van der Waals surface area contributed by atoms with Gasteiger partial charge in [0.2, 0.25) is 5.91 Å². The summed E-state index contributed by atoms with van der Waals surface area (Å²) in [6, 6.07) is 16.1. The Balaban J connectivity index is 1.83. The van der Waals surface area contributed by atoms with Crippen molar-refractivity contribution in [3.8, 4) is 0 Å². The van der Waals surface area contributed by atoms with Crippen molar-refractivity contribution in [3.63, 3.8) is 0 Å². The molecule has 0 atom stereocenters. The van der Waals surface area contributed by atoms with Gasteiger partial charge in [-0.3, -0.25) is 9.59 Å². The van der Waals surface area contributed by atoms with Crippen LogP contribution in [0.2, 0.25) is 0 Å². The van der Waals surface area contributed by atoms with Crippen molar-refractivity contribution in [2.45, 2.75) is 38.1 Å². The monoisotopic (exact) mass is 428 g/mol. The molecule has 1 amide bonds. The van der Waals surface area contributed by atoms with E-state index in [4.69, 9.17) is 4.74 Å². The zero-order valence-electron chi connectivity index (χ0n) is 16.6. The first kappa shape index (κ1) is 21.3. The van der Waals surface area contributed by atoms with Crippen LogP contribution in [-0.2, 0) is 27.3 Å². The van der Waals surface area contributed by atoms with Crippen molar-refractivity contribution >= 4 is 45.2 Å². The number of fused-ring (bicyclic) bond motifs is 1. The largest absolute Gasteiger partial charge is 0.465 e. The summed E-state index contributed by atoms with van der Waals surface area (Å²) in [7, 11) is 0. The van der Waals surface area contributed by atoms with Gasteiger partial charge in [0.05, 0.1) is 16.8 Å². The van der Waals surface area contributed by atoms with Crippen LogP contribution in [0.25, 0.3) is 10.2 Å². The predicted octanol–water partition coefficient (Wildman–Crippen LogP) is 4.44. The normalized spacial score (nSPS) is 11.7. The van der Waals surface area contributed by atoms with E-state index in [0.717, 1.165) is 21.5 Å². The summed E-state index contributed by atoms with van der Waals surface area (Å²) in [5, 5.41) is 0. The Morgan fingerprint density at radius 3 is 2.66 bits per heavy atom. The number of nitrogens with zero attached hydrogens (tertiary/aromatic N) is 2. The Morgan fingerprint density at radius 2 is 1.93 bits per heavy atom. The summed E-state index contributed by atoms with van der Waals surface area (Å²) < 4.78 is 7.89. The molecule has 0 bridgehead atoms. The minimum absolute atomic E-state index is 0.0458. The summed E-state index contributed by atoms with van der Waals surface area (Å²) in [6.07, 6.45) is 1.27. The summed E-state index contributed by atoms with van der Waals surface area (Å²) in [4.78, 5) is 30.5. The van der Waals surface area contributed by atoms with Crippen LogP contribution in [-0.4, -0.2) is 28.8 Å². The molecular weight excluding hydrogens is 404 g/mol. The topological polar surface area (TPSA) is 60.7 Å². The molecule has 0 spiro atoms. The van der Waals surface area contributed by atoms with Gasteiger partial charge in [0.1, 0.15) is 6.54 Å². The van der Waals surface area contributed by atoms with Crippen LogP contribution < -0.4 is 4.80 Å². The molecule has 3 aromatic rings. The van der Waals surface area contributed by atoms with Gasteiger partial charge < -0.3 is 9.30 Å². The molecule has 7 heteroatoms. The Morgan fingerprint density at radius 1 is 1.14 bits per heavy atom. The van der Waals surface area contributed by atoms with Gasteiger partial charge in [0.25, 0.3) is 0 Å². The fourth-order valence-electron chi connectivity index (χ4n) is 2.85. The zero-order valence-corrected chi connectivity index (χ0v) is 18.2. The molecule has 0 saturated heterocycles. The molecule has 2 aromatic carbocycles. The van der Waals surface area contributed by atoms with E-state index in [1.54, 1.807) is 23.3 Å². The van der Waals surface area contributed by atoms with Crippen LogP contribution in [0.15, 0.2) is 58.4 Å². The first-order valence-corrected chi connectivity index (χ1v) is 11.4. The van der Waals surface area contributed by atoms with E-state index in [9.17, 15) is 9.59 Å². The molecule has 0 unspecified atom stereocenters. The van der Waals surface area contributed by atoms with E-state index in [1.807, 2.05) is 42.5 Å². The number of ether oxygens (including phenoxy) is 1. The maximum atomic E-state index is 12.5. The third-order valence-electron chi connectivity index (χ3n) is 4.30. The second-order valence-corrected chi connectivity index (χ2v) is 8.53. The van der Waals surface area contributed by atoms with Crippen LogP contribution in [0.4, 0.5) is 0 Å². The highest BCUT2D eigenvalue weighted by Gasteiger charge is 2.12. The van der Waals surface area contributed by atoms with Crippen molar-refractivity contribution in [3.05, 3.63) is 58.9 Å². The van der Waals surface area contributed by atoms with E-state index >= 15 is 0 Å². The van der Waals surface area contributed by atoms with Crippen LogP contribution in [0.3, 0.4) is 0 Å². The third-order valence-corrected chi connectivity index (χ3v) is 6.35. The number of thiazole rings is 1. The van der Waals surface area contributed by atoms with Gasteiger partial charge in [-0.05, 0) is 43.2 Å². The smallest absolute Gasteiger partial charge is 0.326 e. The van der Waals surface area contributed by atoms with Gasteiger partial charge in [-0.2, -0.15) is 4.99 Å². The van der Waals surface area contributed by atoms with Crippen molar-refractivity contribution in [2.24, 2.45) is 4.99 Å². The highest BCUT2D eigenvalue weighted by atomic mass is 32.2. The van der Waals surface area contributed by atoms with Crippen molar-refractivity contribution in [1.29, 1.82) is 0 Å². The molecule has 1 aromatic heterocycles. The lowest BCUT2D eigenvalue weighted by Crippen LogP contribution is -2.23. The molecule has 0 saturated carbocycles. The minimum Gasteiger partial charge on any atom is -0.465 e. The second-order valence-electron chi connectivity index (χ2n) is 6.35. The van der Waals surface area contributed by atoms with Gasteiger partial charge in [-0.15, -0.1) is 11.8 Å². The molecule has 0 aliphatic carbocycles. The Labute approximate surface area is 178 Å². The Kier molecular flexibility index (Phi) is 7.66. The fraction of sp³-hybridized carbons (Fsp3) is 0.318. The number of carbonyl (C=O) groups is 2. The highest BCUT2D eigenvalue weighted by Crippen LogP contribution is 2.20. The summed E-state index contributed by atoms with van der Waals surface area (Å²) >= 11 is 3.06. The number of rotatable bonds is 8. The van der Waals surface area contributed by atoms with Gasteiger partial charge in [-0.1, -0.05) is 42.5 Å². The number of hydrogen-bond donors (Lipinski definition) is 0. The summed E-state index contributed by atoms with van der Waals surface area (Å²) in [5.41, 5.74) is 2.10. The number of aromatic nitrogens is 1. The minimum atomic E-state index is -0.333. The number of amides is 1. The number of benzene rings is 2. The number of carbonyl (C=O) groups excluding carboxylic acids is 2. The maximum absolute atomic E-state index is 12.5. The molecular formula is C22H24N2O3S2. The fourth-order valence-corrected chi connectivity index (χ4v) is 4.82. The lowest BCUT2D eigenvalue weighted by atomic mass is 10.2. The van der Waals surface area contributed by atoms with Gasteiger partial charge in [0, 0.05) is 17.1 Å². The molecule has 152 valence electrons. The molecule has 29 heavy (non-hydrogen) atoms. The average Bonchev–Trinajstić information content (AvgIpc) is 3.05. The number of esters is 1. The van der Waals surface area contributed by atoms with E-state index in [2.05, 4.69) is 18.0 Å². The summed E-state index contributed by atoms with van der Waals surface area (Å²) in [6.45, 7) is 4.25. The van der Waals surface area contributed by atoms with E-state index in [-0.39, 0.29) is 18.4 Å². The van der Waals surface area contributed by atoms with Crippen LogP contribution in [0.5, 0.6) is 0 Å². The Hall–Kier alpha value is -2.38. The first-order chi connectivity index (χ1) is 14.1. The lowest BCUT2D eigenvalue weighted by molar-refractivity contribution is -0.143. The van der Waals surface area contributed by atoms with Gasteiger partial charge in [-0.25, -0.2) is 0 Å². The Bertz CT molecular complexity index is 1050. The number of hydrogen-bond acceptors (Lipinski definition) is 5. The molecule has 3 rings (SSSR count). The van der Waals surface area contributed by atoms with E-state index < -0.39 is 0 Å². The molecule has 1 heterocycles. The maximum Gasteiger partial charge on any atom is 0.326 e. The molecule has 5 nitrogen and oxygen atoms in total. The number of aryl methyl sites for hydroxylation is 1. The van der Waals surface area contributed by atoms with Gasteiger partial charge in [0.15, 0.2) is 4.80 Å². The van der Waals surface area contributed by atoms with Crippen molar-refractivity contribution in [2.75, 3.05) is 12.4 Å². The molecule has 0 N–H and O–H groups in total. The molecule has 0 aliphatic heterocycles. The average molecular weight is 429 g/mol.